The summed E-state index contributed by atoms with van der Waals surface area (Å²) in [7, 11) is 1.74. The predicted molar refractivity (Wildman–Crippen MR) is 52.5 cm³/mol. The molecule has 4 nitrogen and oxygen atoms in total. The molecule has 2 N–H and O–H groups in total. The SMILES string of the molecule is CCCCN(CCO)C(=O)CNC. The van der Waals surface area contributed by atoms with Gasteiger partial charge in [-0.1, -0.05) is 13.3 Å². The van der Waals surface area contributed by atoms with Crippen molar-refractivity contribution in [3.63, 3.8) is 0 Å². The molecule has 0 saturated heterocycles. The zero-order valence-electron chi connectivity index (χ0n) is 8.55. The van der Waals surface area contributed by atoms with Crippen LogP contribution >= 0.6 is 0 Å². The molecule has 0 spiro atoms. The standard InChI is InChI=1S/C9H20N2O2/c1-3-4-5-11(6-7-12)9(13)8-10-2/h10,12H,3-8H2,1-2H3. The molecular weight excluding hydrogens is 168 g/mol. The molecule has 0 radical (unpaired) electrons. The number of hydrogen-bond acceptors (Lipinski definition) is 3. The van der Waals surface area contributed by atoms with Crippen LogP contribution in [-0.4, -0.2) is 49.2 Å². The number of aliphatic hydroxyl groups excluding tert-OH is 1. The third-order valence-corrected chi connectivity index (χ3v) is 1.83. The molecule has 0 heterocycles. The van der Waals surface area contributed by atoms with E-state index in [2.05, 4.69) is 12.2 Å². The maximum Gasteiger partial charge on any atom is 0.236 e. The van der Waals surface area contributed by atoms with E-state index in [9.17, 15) is 4.79 Å². The van der Waals surface area contributed by atoms with E-state index < -0.39 is 0 Å². The van der Waals surface area contributed by atoms with Crippen LogP contribution in [0.3, 0.4) is 0 Å². The van der Waals surface area contributed by atoms with Gasteiger partial charge < -0.3 is 15.3 Å². The van der Waals surface area contributed by atoms with Crippen molar-refractivity contribution in [1.29, 1.82) is 0 Å². The largest absolute Gasteiger partial charge is 0.395 e. The van der Waals surface area contributed by atoms with E-state index in [1.54, 1.807) is 11.9 Å². The predicted octanol–water partition coefficient (Wildman–Crippen LogP) is -0.173. The first-order chi connectivity index (χ1) is 6.26. The fourth-order valence-corrected chi connectivity index (χ4v) is 1.09. The molecule has 0 aromatic rings. The van der Waals surface area contributed by atoms with E-state index in [4.69, 9.17) is 5.11 Å². The Labute approximate surface area is 79.9 Å². The number of nitrogens with one attached hydrogen (secondary N) is 1. The third-order valence-electron chi connectivity index (χ3n) is 1.83. The Morgan fingerprint density at radius 2 is 2.15 bits per heavy atom. The lowest BCUT2D eigenvalue weighted by molar-refractivity contribution is -0.130. The number of unbranched alkanes of at least 4 members (excludes halogenated alkanes) is 1. The molecule has 13 heavy (non-hydrogen) atoms. The highest BCUT2D eigenvalue weighted by Gasteiger charge is 2.10. The van der Waals surface area contributed by atoms with Gasteiger partial charge in [0.05, 0.1) is 13.2 Å². The van der Waals surface area contributed by atoms with E-state index in [0.29, 0.717) is 13.1 Å². The zero-order valence-corrected chi connectivity index (χ0v) is 8.55. The average Bonchev–Trinajstić information content (AvgIpc) is 2.12. The second-order valence-electron chi connectivity index (χ2n) is 2.99. The lowest BCUT2D eigenvalue weighted by Crippen LogP contribution is -2.39. The van der Waals surface area contributed by atoms with Gasteiger partial charge in [-0.25, -0.2) is 0 Å². The Bertz CT molecular complexity index is 140. The van der Waals surface area contributed by atoms with Gasteiger partial charge in [0.2, 0.25) is 5.91 Å². The lowest BCUT2D eigenvalue weighted by atomic mass is 10.3. The fourth-order valence-electron chi connectivity index (χ4n) is 1.09. The molecule has 0 aromatic carbocycles. The Kier molecular flexibility index (Phi) is 7.63. The number of hydrogen-bond donors (Lipinski definition) is 2. The minimum atomic E-state index is 0.0408. The Balaban J connectivity index is 3.83. The molecule has 0 bridgehead atoms. The number of rotatable bonds is 7. The normalized spacial score (nSPS) is 10.1. The quantitative estimate of drug-likeness (QED) is 0.583. The molecule has 0 aliphatic heterocycles. The molecule has 0 aromatic heterocycles. The second kappa shape index (κ2) is 8.01. The van der Waals surface area contributed by atoms with Crippen LogP contribution in [0.5, 0.6) is 0 Å². The van der Waals surface area contributed by atoms with Gasteiger partial charge in [0, 0.05) is 13.1 Å². The summed E-state index contributed by atoms with van der Waals surface area (Å²) in [6.07, 6.45) is 2.06. The van der Waals surface area contributed by atoms with Crippen LogP contribution < -0.4 is 5.32 Å². The van der Waals surface area contributed by atoms with Gasteiger partial charge in [-0.2, -0.15) is 0 Å². The van der Waals surface area contributed by atoms with Crippen LogP contribution in [0.15, 0.2) is 0 Å². The minimum Gasteiger partial charge on any atom is -0.395 e. The summed E-state index contributed by atoms with van der Waals surface area (Å²) in [6, 6.07) is 0. The van der Waals surface area contributed by atoms with Crippen molar-refractivity contribution < 1.29 is 9.90 Å². The van der Waals surface area contributed by atoms with Crippen molar-refractivity contribution in [2.45, 2.75) is 19.8 Å². The third kappa shape index (κ3) is 5.60. The highest BCUT2D eigenvalue weighted by molar-refractivity contribution is 5.78. The van der Waals surface area contributed by atoms with Gasteiger partial charge >= 0.3 is 0 Å². The van der Waals surface area contributed by atoms with Crippen molar-refractivity contribution in [3.05, 3.63) is 0 Å². The smallest absolute Gasteiger partial charge is 0.236 e. The summed E-state index contributed by atoms with van der Waals surface area (Å²) in [6.45, 7) is 3.67. The van der Waals surface area contributed by atoms with Crippen molar-refractivity contribution in [2.75, 3.05) is 33.3 Å². The van der Waals surface area contributed by atoms with Crippen molar-refractivity contribution in [3.8, 4) is 0 Å². The van der Waals surface area contributed by atoms with E-state index in [-0.39, 0.29) is 12.5 Å². The van der Waals surface area contributed by atoms with Gasteiger partial charge in [0.25, 0.3) is 0 Å². The summed E-state index contributed by atoms with van der Waals surface area (Å²) in [4.78, 5) is 13.1. The number of aliphatic hydroxyl groups is 1. The molecule has 0 saturated carbocycles. The molecule has 0 unspecified atom stereocenters. The molecular formula is C9H20N2O2. The summed E-state index contributed by atoms with van der Waals surface area (Å²) in [5, 5.41) is 11.5. The Morgan fingerprint density at radius 3 is 2.62 bits per heavy atom. The fraction of sp³-hybridized carbons (Fsp3) is 0.889. The minimum absolute atomic E-state index is 0.0408. The summed E-state index contributed by atoms with van der Waals surface area (Å²) < 4.78 is 0. The zero-order chi connectivity index (χ0) is 10.1. The summed E-state index contributed by atoms with van der Waals surface area (Å²) >= 11 is 0. The topological polar surface area (TPSA) is 52.6 Å². The highest BCUT2D eigenvalue weighted by atomic mass is 16.3. The van der Waals surface area contributed by atoms with Crippen molar-refractivity contribution in [2.24, 2.45) is 0 Å². The number of amides is 1. The molecule has 1 amide bonds. The first kappa shape index (κ1) is 12.4. The van der Waals surface area contributed by atoms with Crippen LogP contribution in [-0.2, 0) is 4.79 Å². The molecule has 0 aliphatic carbocycles. The number of carbonyl (C=O) groups is 1. The average molecular weight is 188 g/mol. The van der Waals surface area contributed by atoms with E-state index in [1.165, 1.54) is 0 Å². The van der Waals surface area contributed by atoms with Gasteiger partial charge in [-0.05, 0) is 13.5 Å². The summed E-state index contributed by atoms with van der Waals surface area (Å²) in [5.74, 6) is 0.0602. The molecule has 78 valence electrons. The van der Waals surface area contributed by atoms with E-state index >= 15 is 0 Å². The Hall–Kier alpha value is -0.610. The van der Waals surface area contributed by atoms with Gasteiger partial charge in [-0.15, -0.1) is 0 Å². The number of carbonyl (C=O) groups excluding carboxylic acids is 1. The number of likely N-dealkylation sites (N-methyl/N-ethyl adjacent to an activating group) is 1. The number of nitrogens with zero attached hydrogens (tertiary/aromatic N) is 1. The molecule has 0 aliphatic rings. The van der Waals surface area contributed by atoms with E-state index in [1.807, 2.05) is 0 Å². The first-order valence-corrected chi connectivity index (χ1v) is 4.79. The van der Waals surface area contributed by atoms with Gasteiger partial charge in [-0.3, -0.25) is 4.79 Å². The van der Waals surface area contributed by atoms with Crippen LogP contribution in [0.4, 0.5) is 0 Å². The monoisotopic (exact) mass is 188 g/mol. The lowest BCUT2D eigenvalue weighted by Gasteiger charge is -2.21. The van der Waals surface area contributed by atoms with Crippen molar-refractivity contribution in [1.82, 2.24) is 10.2 Å². The molecule has 4 heteroatoms. The van der Waals surface area contributed by atoms with Crippen LogP contribution in [0.25, 0.3) is 0 Å². The van der Waals surface area contributed by atoms with Crippen LogP contribution in [0.2, 0.25) is 0 Å². The first-order valence-electron chi connectivity index (χ1n) is 4.79. The maximum absolute atomic E-state index is 11.4. The van der Waals surface area contributed by atoms with Gasteiger partial charge in [0.15, 0.2) is 0 Å². The van der Waals surface area contributed by atoms with Crippen LogP contribution in [0.1, 0.15) is 19.8 Å². The molecule has 0 fully saturated rings. The molecule has 0 atom stereocenters. The van der Waals surface area contributed by atoms with E-state index in [0.717, 1.165) is 19.4 Å². The maximum atomic E-state index is 11.4. The van der Waals surface area contributed by atoms with Gasteiger partial charge in [0.1, 0.15) is 0 Å². The summed E-state index contributed by atoms with van der Waals surface area (Å²) in [5.41, 5.74) is 0. The van der Waals surface area contributed by atoms with Crippen molar-refractivity contribution >= 4 is 5.91 Å². The van der Waals surface area contributed by atoms with Crippen LogP contribution in [0, 0.1) is 0 Å². The Morgan fingerprint density at radius 1 is 1.46 bits per heavy atom. The second-order valence-corrected chi connectivity index (χ2v) is 2.99. The molecule has 0 rings (SSSR count). The highest BCUT2D eigenvalue weighted by Crippen LogP contribution is 1.94.